The fraction of sp³-hybridized carbons (Fsp3) is 0.286. The van der Waals surface area contributed by atoms with Crippen molar-refractivity contribution >= 4 is 5.82 Å². The molecule has 2 aromatic rings. The Balaban J connectivity index is 1.79. The van der Waals surface area contributed by atoms with E-state index >= 15 is 0 Å². The summed E-state index contributed by atoms with van der Waals surface area (Å²) in [6.07, 6.45) is 1.89. The van der Waals surface area contributed by atoms with Gasteiger partial charge in [0.1, 0.15) is 6.33 Å². The van der Waals surface area contributed by atoms with E-state index in [0.717, 1.165) is 5.56 Å². The lowest BCUT2D eigenvalue weighted by molar-refractivity contribution is 0.173. The molecule has 1 aliphatic heterocycles. The number of nitrogens with one attached hydrogen (secondary N) is 1. The van der Waals surface area contributed by atoms with Gasteiger partial charge in [0.15, 0.2) is 23.1 Å². The Morgan fingerprint density at radius 3 is 3.05 bits per heavy atom. The molecule has 5 nitrogen and oxygen atoms in total. The van der Waals surface area contributed by atoms with Crippen molar-refractivity contribution in [2.75, 3.05) is 12.1 Å². The van der Waals surface area contributed by atoms with Crippen LogP contribution in [0.4, 0.5) is 10.2 Å². The molecule has 0 spiro atoms. The Hall–Kier alpha value is -2.37. The zero-order valence-electron chi connectivity index (χ0n) is 11.0. The molecule has 0 saturated carbocycles. The first-order chi connectivity index (χ1) is 9.79. The third kappa shape index (κ3) is 2.24. The standard InChI is InChI=1S/C14H14FN3O2/c1-2-10-12(15)14(18-7-17-10)16-6-9-4-3-5-11-13(9)20-8-19-11/h3-5,7H,2,6,8H2,1H3,(H,16,17,18). The van der Waals surface area contributed by atoms with Crippen molar-refractivity contribution in [3.8, 4) is 11.5 Å². The van der Waals surface area contributed by atoms with Crippen molar-refractivity contribution in [3.05, 3.63) is 41.6 Å². The zero-order valence-corrected chi connectivity index (χ0v) is 11.0. The van der Waals surface area contributed by atoms with Gasteiger partial charge in [0.25, 0.3) is 0 Å². The summed E-state index contributed by atoms with van der Waals surface area (Å²) in [6, 6.07) is 5.62. The van der Waals surface area contributed by atoms with Crippen molar-refractivity contribution in [1.29, 1.82) is 0 Å². The van der Waals surface area contributed by atoms with E-state index in [1.807, 2.05) is 25.1 Å². The van der Waals surface area contributed by atoms with E-state index in [1.165, 1.54) is 6.33 Å². The highest BCUT2D eigenvalue weighted by molar-refractivity contribution is 5.50. The van der Waals surface area contributed by atoms with Gasteiger partial charge in [-0.05, 0) is 12.5 Å². The van der Waals surface area contributed by atoms with Gasteiger partial charge in [0.2, 0.25) is 6.79 Å². The van der Waals surface area contributed by atoms with Crippen LogP contribution in [-0.4, -0.2) is 16.8 Å². The SMILES string of the molecule is CCc1ncnc(NCc2cccc3c2OCO3)c1F. The fourth-order valence-corrected chi connectivity index (χ4v) is 2.08. The van der Waals surface area contributed by atoms with Gasteiger partial charge in [-0.1, -0.05) is 19.1 Å². The number of hydrogen-bond acceptors (Lipinski definition) is 5. The Morgan fingerprint density at radius 2 is 2.20 bits per heavy atom. The van der Waals surface area contributed by atoms with Gasteiger partial charge in [0, 0.05) is 12.1 Å². The molecule has 2 heterocycles. The first-order valence-corrected chi connectivity index (χ1v) is 6.40. The number of nitrogens with zero attached hydrogens (tertiary/aromatic N) is 2. The number of benzene rings is 1. The number of hydrogen-bond donors (Lipinski definition) is 1. The van der Waals surface area contributed by atoms with E-state index in [4.69, 9.17) is 9.47 Å². The van der Waals surface area contributed by atoms with Crippen LogP contribution in [0.15, 0.2) is 24.5 Å². The smallest absolute Gasteiger partial charge is 0.231 e. The molecule has 0 atom stereocenters. The monoisotopic (exact) mass is 275 g/mol. The number of aryl methyl sites for hydroxylation is 1. The predicted octanol–water partition coefficient (Wildman–Crippen LogP) is 2.52. The summed E-state index contributed by atoms with van der Waals surface area (Å²) in [6.45, 7) is 2.47. The minimum absolute atomic E-state index is 0.202. The van der Waals surface area contributed by atoms with Gasteiger partial charge in [-0.15, -0.1) is 0 Å². The molecule has 104 valence electrons. The molecule has 0 bridgehead atoms. The second-order valence-corrected chi connectivity index (χ2v) is 4.34. The maximum atomic E-state index is 14.0. The average molecular weight is 275 g/mol. The maximum Gasteiger partial charge on any atom is 0.231 e. The Bertz CT molecular complexity index is 634. The highest BCUT2D eigenvalue weighted by atomic mass is 19.1. The molecule has 0 amide bonds. The second-order valence-electron chi connectivity index (χ2n) is 4.34. The van der Waals surface area contributed by atoms with Crippen LogP contribution in [0.2, 0.25) is 0 Å². The van der Waals surface area contributed by atoms with Crippen molar-refractivity contribution in [2.24, 2.45) is 0 Å². The van der Waals surface area contributed by atoms with Crippen molar-refractivity contribution in [2.45, 2.75) is 19.9 Å². The summed E-state index contributed by atoms with van der Waals surface area (Å²) >= 11 is 0. The van der Waals surface area contributed by atoms with Gasteiger partial charge in [-0.25, -0.2) is 14.4 Å². The molecule has 0 unspecified atom stereocenters. The molecule has 0 fully saturated rings. The number of halogens is 1. The molecular weight excluding hydrogens is 261 g/mol. The Morgan fingerprint density at radius 1 is 1.30 bits per heavy atom. The van der Waals surface area contributed by atoms with E-state index in [2.05, 4.69) is 15.3 Å². The number of fused-ring (bicyclic) bond motifs is 1. The largest absolute Gasteiger partial charge is 0.454 e. The molecule has 20 heavy (non-hydrogen) atoms. The number of rotatable bonds is 4. The van der Waals surface area contributed by atoms with Crippen LogP contribution in [0.5, 0.6) is 11.5 Å². The molecule has 6 heteroatoms. The fourth-order valence-electron chi connectivity index (χ4n) is 2.08. The highest BCUT2D eigenvalue weighted by Crippen LogP contribution is 2.35. The minimum Gasteiger partial charge on any atom is -0.454 e. The maximum absolute atomic E-state index is 14.0. The van der Waals surface area contributed by atoms with Gasteiger partial charge in [-0.2, -0.15) is 0 Å². The first kappa shape index (κ1) is 12.7. The minimum atomic E-state index is -0.403. The van der Waals surface area contributed by atoms with Crippen LogP contribution in [-0.2, 0) is 13.0 Å². The summed E-state index contributed by atoms with van der Waals surface area (Å²) in [7, 11) is 0. The van der Waals surface area contributed by atoms with Crippen molar-refractivity contribution in [1.82, 2.24) is 9.97 Å². The summed E-state index contributed by atoms with van der Waals surface area (Å²) in [5.74, 6) is 1.21. The first-order valence-electron chi connectivity index (χ1n) is 6.40. The summed E-state index contributed by atoms with van der Waals surface area (Å²) < 4.78 is 24.7. The second kappa shape index (κ2) is 5.32. The summed E-state index contributed by atoms with van der Waals surface area (Å²) in [5, 5.41) is 2.97. The van der Waals surface area contributed by atoms with Crippen LogP contribution in [0.1, 0.15) is 18.2 Å². The Kier molecular flexibility index (Phi) is 3.37. The van der Waals surface area contributed by atoms with Gasteiger partial charge >= 0.3 is 0 Å². The summed E-state index contributed by atoms with van der Waals surface area (Å²) in [4.78, 5) is 7.83. The van der Waals surface area contributed by atoms with Gasteiger partial charge in [0.05, 0.1) is 5.69 Å². The molecule has 1 aromatic heterocycles. The lowest BCUT2D eigenvalue weighted by Crippen LogP contribution is -2.07. The summed E-state index contributed by atoms with van der Waals surface area (Å²) in [5.41, 5.74) is 1.30. The highest BCUT2D eigenvalue weighted by Gasteiger charge is 2.17. The lowest BCUT2D eigenvalue weighted by atomic mass is 10.2. The van der Waals surface area contributed by atoms with Gasteiger partial charge < -0.3 is 14.8 Å². The lowest BCUT2D eigenvalue weighted by Gasteiger charge is -2.09. The molecule has 1 aliphatic rings. The molecule has 0 aliphatic carbocycles. The molecular formula is C14H14FN3O2. The molecule has 0 saturated heterocycles. The zero-order chi connectivity index (χ0) is 13.9. The van der Waals surface area contributed by atoms with Crippen LogP contribution in [0, 0.1) is 5.82 Å². The van der Waals surface area contributed by atoms with E-state index in [0.29, 0.717) is 30.2 Å². The van der Waals surface area contributed by atoms with Crippen LogP contribution in [0.3, 0.4) is 0 Å². The topological polar surface area (TPSA) is 56.3 Å². The number of para-hydroxylation sites is 1. The Labute approximate surface area is 115 Å². The quantitative estimate of drug-likeness (QED) is 0.929. The van der Waals surface area contributed by atoms with E-state index in [-0.39, 0.29) is 12.6 Å². The number of ether oxygens (including phenoxy) is 2. The molecule has 3 rings (SSSR count). The van der Waals surface area contributed by atoms with E-state index < -0.39 is 5.82 Å². The third-order valence-electron chi connectivity index (χ3n) is 3.12. The third-order valence-corrected chi connectivity index (χ3v) is 3.12. The van der Waals surface area contributed by atoms with E-state index in [9.17, 15) is 4.39 Å². The predicted molar refractivity (Wildman–Crippen MR) is 71.3 cm³/mol. The van der Waals surface area contributed by atoms with Crippen molar-refractivity contribution in [3.63, 3.8) is 0 Å². The number of anilines is 1. The van der Waals surface area contributed by atoms with Crippen molar-refractivity contribution < 1.29 is 13.9 Å². The van der Waals surface area contributed by atoms with Crippen LogP contribution < -0.4 is 14.8 Å². The van der Waals surface area contributed by atoms with Crippen LogP contribution in [0.25, 0.3) is 0 Å². The molecule has 0 radical (unpaired) electrons. The van der Waals surface area contributed by atoms with E-state index in [1.54, 1.807) is 0 Å². The molecule has 1 aromatic carbocycles. The van der Waals surface area contributed by atoms with Crippen LogP contribution >= 0.6 is 0 Å². The van der Waals surface area contributed by atoms with Gasteiger partial charge in [-0.3, -0.25) is 0 Å². The molecule has 1 N–H and O–H groups in total. The average Bonchev–Trinajstić information content (AvgIpc) is 2.95. The normalized spacial score (nSPS) is 12.5. The number of aromatic nitrogens is 2.